The van der Waals surface area contributed by atoms with Gasteiger partial charge in [-0.15, -0.1) is 0 Å². The molecule has 0 aromatic heterocycles. The van der Waals surface area contributed by atoms with Crippen LogP contribution in [-0.2, 0) is 0 Å². The zero-order chi connectivity index (χ0) is 8.57. The maximum Gasteiger partial charge on any atom is 0.316 e. The predicted octanol–water partition coefficient (Wildman–Crippen LogP) is 1.30. The number of nitrogens with zero attached hydrogens (tertiary/aromatic N) is 1. The first-order valence-corrected chi connectivity index (χ1v) is 3.63. The summed E-state index contributed by atoms with van der Waals surface area (Å²) in [7, 11) is 3.43. The van der Waals surface area contributed by atoms with E-state index < -0.39 is 0 Å². The molecule has 2 amide bonds. The van der Waals surface area contributed by atoms with Crippen molar-refractivity contribution in [3.8, 4) is 0 Å². The summed E-state index contributed by atoms with van der Waals surface area (Å²) in [6.45, 7) is 6.58. The van der Waals surface area contributed by atoms with E-state index in [2.05, 4.69) is 5.32 Å². The molecule has 0 radical (unpaired) electrons. The fraction of sp³-hybridized carbons (Fsp3) is 0.857. The first-order chi connectivity index (χ1) is 4.68. The molecule has 0 saturated heterocycles. The van der Waals surface area contributed by atoms with Crippen LogP contribution in [0.3, 0.4) is 0 Å². The van der Waals surface area contributed by atoms with Gasteiger partial charge in [-0.3, -0.25) is 0 Å². The highest BCUT2D eigenvalue weighted by atomic mass is 16.2. The second kappa shape index (κ2) is 8.27. The lowest BCUT2D eigenvalue weighted by Crippen LogP contribution is -2.34. The number of carbonyl (C=O) groups excluding carboxylic acids is 1. The molecule has 0 heterocycles. The largest absolute Gasteiger partial charge is 0.338 e. The Balaban J connectivity index is 0. The van der Waals surface area contributed by atoms with Crippen molar-refractivity contribution in [2.45, 2.75) is 20.8 Å². The summed E-state index contributed by atoms with van der Waals surface area (Å²) in [4.78, 5) is 12.1. The maximum absolute atomic E-state index is 10.6. The lowest BCUT2D eigenvalue weighted by atomic mass is 10.7. The summed E-state index contributed by atoms with van der Waals surface area (Å²) in [5.74, 6) is 0. The van der Waals surface area contributed by atoms with Crippen molar-refractivity contribution in [2.75, 3.05) is 20.6 Å². The van der Waals surface area contributed by atoms with Crippen LogP contribution in [0.4, 0.5) is 4.79 Å². The first-order valence-electron chi connectivity index (χ1n) is 3.63. The standard InChI is InChI=1S/C5H12N2O.C2H6/c1-4-6-5(8)7(2)3;1-2/h4H2,1-3H3,(H,6,8);1-2H3. The molecule has 0 rings (SSSR count). The molecule has 0 saturated carbocycles. The minimum atomic E-state index is -0.0347. The van der Waals surface area contributed by atoms with Gasteiger partial charge in [-0.1, -0.05) is 13.8 Å². The molecular formula is C7H18N2O. The Morgan fingerprint density at radius 1 is 1.40 bits per heavy atom. The zero-order valence-electron chi connectivity index (χ0n) is 7.56. The minimum Gasteiger partial charge on any atom is -0.338 e. The van der Waals surface area contributed by atoms with Crippen molar-refractivity contribution in [1.29, 1.82) is 0 Å². The highest BCUT2D eigenvalue weighted by Gasteiger charge is 1.96. The number of hydrogen-bond donors (Lipinski definition) is 1. The van der Waals surface area contributed by atoms with Crippen molar-refractivity contribution in [3.05, 3.63) is 0 Å². The van der Waals surface area contributed by atoms with E-state index in [-0.39, 0.29) is 6.03 Å². The average molecular weight is 146 g/mol. The van der Waals surface area contributed by atoms with E-state index in [1.807, 2.05) is 20.8 Å². The van der Waals surface area contributed by atoms with Crippen LogP contribution in [0, 0.1) is 0 Å². The molecule has 0 bridgehead atoms. The normalized spacial score (nSPS) is 7.30. The van der Waals surface area contributed by atoms with Gasteiger partial charge in [0.25, 0.3) is 0 Å². The topological polar surface area (TPSA) is 32.3 Å². The van der Waals surface area contributed by atoms with Gasteiger partial charge < -0.3 is 10.2 Å². The van der Waals surface area contributed by atoms with Crippen molar-refractivity contribution in [1.82, 2.24) is 10.2 Å². The molecule has 0 aliphatic heterocycles. The van der Waals surface area contributed by atoms with Gasteiger partial charge in [0.1, 0.15) is 0 Å². The Morgan fingerprint density at radius 3 is 1.90 bits per heavy atom. The summed E-state index contributed by atoms with van der Waals surface area (Å²) < 4.78 is 0. The van der Waals surface area contributed by atoms with Crippen LogP contribution in [0.2, 0.25) is 0 Å². The van der Waals surface area contributed by atoms with Gasteiger partial charge >= 0.3 is 6.03 Å². The van der Waals surface area contributed by atoms with Crippen molar-refractivity contribution in [2.24, 2.45) is 0 Å². The van der Waals surface area contributed by atoms with Gasteiger partial charge in [-0.25, -0.2) is 4.79 Å². The Hall–Kier alpha value is -0.730. The van der Waals surface area contributed by atoms with Crippen LogP contribution < -0.4 is 5.32 Å². The molecule has 0 aromatic rings. The molecule has 10 heavy (non-hydrogen) atoms. The minimum absolute atomic E-state index is 0.0347. The Kier molecular flexibility index (Phi) is 9.92. The summed E-state index contributed by atoms with van der Waals surface area (Å²) >= 11 is 0. The number of urea groups is 1. The smallest absolute Gasteiger partial charge is 0.316 e. The average Bonchev–Trinajstić information content (AvgIpc) is 1.93. The van der Waals surface area contributed by atoms with E-state index in [1.54, 1.807) is 14.1 Å². The highest BCUT2D eigenvalue weighted by Crippen LogP contribution is 1.73. The molecule has 3 heteroatoms. The summed E-state index contributed by atoms with van der Waals surface area (Å²) in [6.07, 6.45) is 0. The third-order valence-corrected chi connectivity index (χ3v) is 0.734. The third-order valence-electron chi connectivity index (χ3n) is 0.734. The zero-order valence-corrected chi connectivity index (χ0v) is 7.56. The molecule has 62 valence electrons. The van der Waals surface area contributed by atoms with Crippen LogP contribution in [0.1, 0.15) is 20.8 Å². The SMILES string of the molecule is CC.CCNC(=O)N(C)C. The number of amides is 2. The molecule has 0 aromatic carbocycles. The van der Waals surface area contributed by atoms with Crippen LogP contribution >= 0.6 is 0 Å². The quantitative estimate of drug-likeness (QED) is 0.594. The lowest BCUT2D eigenvalue weighted by Gasteiger charge is -2.09. The van der Waals surface area contributed by atoms with Crippen LogP contribution in [0.5, 0.6) is 0 Å². The molecule has 3 nitrogen and oxygen atoms in total. The molecule has 1 N–H and O–H groups in total. The lowest BCUT2D eigenvalue weighted by molar-refractivity contribution is 0.218. The molecule has 0 unspecified atom stereocenters. The summed E-state index contributed by atoms with van der Waals surface area (Å²) in [5, 5.41) is 2.63. The second-order valence-corrected chi connectivity index (χ2v) is 1.73. The van der Waals surface area contributed by atoms with Gasteiger partial charge in [-0.05, 0) is 6.92 Å². The van der Waals surface area contributed by atoms with Crippen LogP contribution in [-0.4, -0.2) is 31.6 Å². The Morgan fingerprint density at radius 2 is 1.80 bits per heavy atom. The van der Waals surface area contributed by atoms with Crippen LogP contribution in [0.15, 0.2) is 0 Å². The van der Waals surface area contributed by atoms with Crippen molar-refractivity contribution >= 4 is 6.03 Å². The monoisotopic (exact) mass is 146 g/mol. The van der Waals surface area contributed by atoms with Crippen molar-refractivity contribution in [3.63, 3.8) is 0 Å². The first kappa shape index (κ1) is 12.0. The van der Waals surface area contributed by atoms with E-state index >= 15 is 0 Å². The predicted molar refractivity (Wildman–Crippen MR) is 44.1 cm³/mol. The number of rotatable bonds is 1. The van der Waals surface area contributed by atoms with E-state index in [0.29, 0.717) is 6.54 Å². The van der Waals surface area contributed by atoms with Gasteiger partial charge in [0.05, 0.1) is 0 Å². The van der Waals surface area contributed by atoms with Crippen LogP contribution in [0.25, 0.3) is 0 Å². The van der Waals surface area contributed by atoms with Gasteiger partial charge in [-0.2, -0.15) is 0 Å². The number of nitrogens with one attached hydrogen (secondary N) is 1. The fourth-order valence-electron chi connectivity index (χ4n) is 0.309. The van der Waals surface area contributed by atoms with Gasteiger partial charge in [0, 0.05) is 20.6 Å². The Labute approximate surface area is 63.4 Å². The number of carbonyl (C=O) groups is 1. The highest BCUT2D eigenvalue weighted by molar-refractivity contribution is 5.73. The van der Waals surface area contributed by atoms with E-state index in [4.69, 9.17) is 0 Å². The number of hydrogen-bond acceptors (Lipinski definition) is 1. The van der Waals surface area contributed by atoms with E-state index in [1.165, 1.54) is 4.90 Å². The Bertz CT molecular complexity index is 81.7. The molecular weight excluding hydrogens is 128 g/mol. The summed E-state index contributed by atoms with van der Waals surface area (Å²) in [6, 6.07) is -0.0347. The van der Waals surface area contributed by atoms with E-state index in [9.17, 15) is 4.79 Å². The molecule has 0 aliphatic carbocycles. The van der Waals surface area contributed by atoms with E-state index in [0.717, 1.165) is 0 Å². The molecule has 0 aliphatic rings. The molecule has 0 fully saturated rings. The van der Waals surface area contributed by atoms with Gasteiger partial charge in [0.15, 0.2) is 0 Å². The molecule has 0 atom stereocenters. The molecule has 0 spiro atoms. The second-order valence-electron chi connectivity index (χ2n) is 1.73. The van der Waals surface area contributed by atoms with Crippen molar-refractivity contribution < 1.29 is 4.79 Å². The summed E-state index contributed by atoms with van der Waals surface area (Å²) in [5.41, 5.74) is 0. The fourth-order valence-corrected chi connectivity index (χ4v) is 0.309. The maximum atomic E-state index is 10.6. The third kappa shape index (κ3) is 7.27. The van der Waals surface area contributed by atoms with Gasteiger partial charge in [0.2, 0.25) is 0 Å².